The minimum atomic E-state index is -3.63. The molecule has 28 heavy (non-hydrogen) atoms. The molecular formula is C20H23N3O4S. The van der Waals surface area contributed by atoms with Gasteiger partial charge in [0.25, 0.3) is 10.0 Å². The largest absolute Gasteiger partial charge is 0.497 e. The molecule has 1 amide bonds. The summed E-state index contributed by atoms with van der Waals surface area (Å²) in [5, 5.41) is 0. The summed E-state index contributed by atoms with van der Waals surface area (Å²) >= 11 is 0. The van der Waals surface area contributed by atoms with Crippen molar-refractivity contribution >= 4 is 21.8 Å². The number of fused-ring (bicyclic) bond motifs is 1. The van der Waals surface area contributed by atoms with Gasteiger partial charge in [0.15, 0.2) is 0 Å². The zero-order chi connectivity index (χ0) is 20.5. The highest BCUT2D eigenvalue weighted by molar-refractivity contribution is 7.90. The topological polar surface area (TPSA) is 88.1 Å². The molecule has 1 aliphatic heterocycles. The van der Waals surface area contributed by atoms with Crippen LogP contribution in [0, 0.1) is 0 Å². The van der Waals surface area contributed by atoms with E-state index in [0.29, 0.717) is 5.56 Å². The van der Waals surface area contributed by atoms with Crippen LogP contribution in [0.5, 0.6) is 5.75 Å². The van der Waals surface area contributed by atoms with Gasteiger partial charge in [-0.15, -0.1) is 0 Å². The molecule has 0 fully saturated rings. The number of hydrogen-bond acceptors (Lipinski definition) is 5. The van der Waals surface area contributed by atoms with Crippen molar-refractivity contribution in [3.8, 4) is 5.75 Å². The van der Waals surface area contributed by atoms with Gasteiger partial charge in [-0.2, -0.15) is 0 Å². The number of carbonyl (C=O) groups is 1. The van der Waals surface area contributed by atoms with E-state index in [1.54, 1.807) is 44.2 Å². The van der Waals surface area contributed by atoms with Crippen LogP contribution in [0.25, 0.3) is 0 Å². The van der Waals surface area contributed by atoms with Gasteiger partial charge < -0.3 is 9.64 Å². The summed E-state index contributed by atoms with van der Waals surface area (Å²) in [6, 6.07) is 13.2. The van der Waals surface area contributed by atoms with E-state index in [4.69, 9.17) is 4.74 Å². The summed E-state index contributed by atoms with van der Waals surface area (Å²) in [7, 11) is -0.319. The number of likely N-dealkylation sites (N-methyl/N-ethyl adjacent to an activating group) is 1. The zero-order valence-electron chi connectivity index (χ0n) is 16.2. The lowest BCUT2D eigenvalue weighted by molar-refractivity contribution is -0.132. The van der Waals surface area contributed by atoms with Crippen LogP contribution in [-0.4, -0.2) is 45.3 Å². The monoisotopic (exact) mass is 401 g/mol. The Bertz CT molecular complexity index is 1020. The predicted molar refractivity (Wildman–Crippen MR) is 107 cm³/mol. The van der Waals surface area contributed by atoms with E-state index in [1.807, 2.05) is 31.2 Å². The summed E-state index contributed by atoms with van der Waals surface area (Å²) in [6.07, 6.45) is 0. The van der Waals surface area contributed by atoms with E-state index in [-0.39, 0.29) is 22.7 Å². The summed E-state index contributed by atoms with van der Waals surface area (Å²) < 4.78 is 32.0. The summed E-state index contributed by atoms with van der Waals surface area (Å²) in [4.78, 5) is 19.0. The molecule has 2 atom stereocenters. The van der Waals surface area contributed by atoms with E-state index in [2.05, 4.69) is 9.71 Å². The molecule has 1 unspecified atom stereocenters. The molecule has 1 N–H and O–H groups in total. The van der Waals surface area contributed by atoms with Gasteiger partial charge in [0.1, 0.15) is 17.6 Å². The molecule has 0 saturated heterocycles. The van der Waals surface area contributed by atoms with Crippen molar-refractivity contribution < 1.29 is 17.9 Å². The molecular weight excluding hydrogens is 378 g/mol. The van der Waals surface area contributed by atoms with Gasteiger partial charge in [0, 0.05) is 12.6 Å². The van der Waals surface area contributed by atoms with Crippen LogP contribution in [0.3, 0.4) is 0 Å². The van der Waals surface area contributed by atoms with Crippen LogP contribution >= 0.6 is 0 Å². The first-order chi connectivity index (χ1) is 13.2. The van der Waals surface area contributed by atoms with Gasteiger partial charge in [-0.1, -0.05) is 24.3 Å². The molecule has 148 valence electrons. The second-order valence-electron chi connectivity index (χ2n) is 6.65. The van der Waals surface area contributed by atoms with Crippen molar-refractivity contribution in [2.24, 2.45) is 4.99 Å². The quantitative estimate of drug-likeness (QED) is 0.833. The van der Waals surface area contributed by atoms with Crippen LogP contribution in [0.4, 0.5) is 0 Å². The van der Waals surface area contributed by atoms with Gasteiger partial charge >= 0.3 is 0 Å². The number of nitrogens with one attached hydrogen (secondary N) is 1. The smallest absolute Gasteiger partial charge is 0.263 e. The molecule has 0 aliphatic carbocycles. The second-order valence-corrected chi connectivity index (χ2v) is 8.30. The first-order valence-corrected chi connectivity index (χ1v) is 10.3. The zero-order valence-corrected chi connectivity index (χ0v) is 17.0. The highest BCUT2D eigenvalue weighted by Crippen LogP contribution is 2.24. The van der Waals surface area contributed by atoms with Crippen LogP contribution in [0.1, 0.15) is 31.0 Å². The standard InChI is InChI=1S/C20H23N3O4S/c1-13(21-19-17-7-5-6-8-18(17)28(25,26)22-19)20(24)23(3)14(2)15-9-11-16(27-4)12-10-15/h5-14H,1-4H3,(H,21,22)/t13-,14?/m0/s1. The Labute approximate surface area is 165 Å². The average Bonchev–Trinajstić information content (AvgIpc) is 2.96. The van der Waals surface area contributed by atoms with E-state index in [0.717, 1.165) is 11.3 Å². The molecule has 0 spiro atoms. The van der Waals surface area contributed by atoms with Crippen molar-refractivity contribution in [3.63, 3.8) is 0 Å². The number of amides is 1. The maximum absolute atomic E-state index is 12.9. The molecule has 0 radical (unpaired) electrons. The van der Waals surface area contributed by atoms with Gasteiger partial charge in [0.05, 0.1) is 18.0 Å². The van der Waals surface area contributed by atoms with Crippen molar-refractivity contribution in [2.45, 2.75) is 30.8 Å². The maximum Gasteiger partial charge on any atom is 0.263 e. The minimum absolute atomic E-state index is 0.173. The molecule has 2 aromatic carbocycles. The number of amidine groups is 1. The SMILES string of the molecule is COc1ccc(C(C)N(C)C(=O)[C@H](C)N=C2NS(=O)(=O)c3ccccc32)cc1. The lowest BCUT2D eigenvalue weighted by atomic mass is 10.1. The second kappa shape index (κ2) is 7.63. The van der Waals surface area contributed by atoms with Gasteiger partial charge in [-0.05, 0) is 43.7 Å². The molecule has 3 rings (SSSR count). The average molecular weight is 401 g/mol. The fourth-order valence-electron chi connectivity index (χ4n) is 3.07. The molecule has 7 nitrogen and oxygen atoms in total. The Balaban J connectivity index is 1.79. The number of sulfonamides is 1. The molecule has 2 aromatic rings. The number of nitrogens with zero attached hydrogens (tertiary/aromatic N) is 2. The molecule has 1 aliphatic rings. The highest BCUT2D eigenvalue weighted by atomic mass is 32.2. The number of methoxy groups -OCH3 is 1. The number of benzene rings is 2. The Morgan fingerprint density at radius 3 is 2.39 bits per heavy atom. The summed E-state index contributed by atoms with van der Waals surface area (Å²) in [6.45, 7) is 3.58. The number of aliphatic imine (C=N–C) groups is 1. The third-order valence-electron chi connectivity index (χ3n) is 4.87. The van der Waals surface area contributed by atoms with E-state index in [1.165, 1.54) is 6.07 Å². The molecule has 8 heteroatoms. The van der Waals surface area contributed by atoms with Crippen LogP contribution in [0.2, 0.25) is 0 Å². The van der Waals surface area contributed by atoms with Crippen LogP contribution in [-0.2, 0) is 14.8 Å². The molecule has 0 bridgehead atoms. The van der Waals surface area contributed by atoms with Crippen LogP contribution in [0.15, 0.2) is 58.4 Å². The third-order valence-corrected chi connectivity index (χ3v) is 6.27. The van der Waals surface area contributed by atoms with Gasteiger partial charge in [-0.3, -0.25) is 14.5 Å². The van der Waals surface area contributed by atoms with Crippen LogP contribution < -0.4 is 9.46 Å². The lowest BCUT2D eigenvalue weighted by Crippen LogP contribution is -2.37. The Hall–Kier alpha value is -2.87. The fourth-order valence-corrected chi connectivity index (χ4v) is 4.31. The van der Waals surface area contributed by atoms with E-state index in [9.17, 15) is 13.2 Å². The van der Waals surface area contributed by atoms with Crippen molar-refractivity contribution in [1.82, 2.24) is 9.62 Å². The fraction of sp³-hybridized carbons (Fsp3) is 0.300. The first kappa shape index (κ1) is 19.9. The number of ether oxygens (including phenoxy) is 1. The number of hydrogen-bond donors (Lipinski definition) is 1. The molecule has 1 heterocycles. The normalized spacial score (nSPS) is 18.1. The van der Waals surface area contributed by atoms with E-state index < -0.39 is 16.1 Å². The maximum atomic E-state index is 12.9. The number of rotatable bonds is 5. The first-order valence-electron chi connectivity index (χ1n) is 8.85. The van der Waals surface area contributed by atoms with Crippen molar-refractivity contribution in [3.05, 3.63) is 59.7 Å². The Kier molecular flexibility index (Phi) is 5.42. The summed E-state index contributed by atoms with van der Waals surface area (Å²) in [5.74, 6) is 0.734. The summed E-state index contributed by atoms with van der Waals surface area (Å²) in [5.41, 5.74) is 1.44. The third kappa shape index (κ3) is 3.73. The lowest BCUT2D eigenvalue weighted by Gasteiger charge is -2.27. The predicted octanol–water partition coefficient (Wildman–Crippen LogP) is 2.34. The Morgan fingerprint density at radius 2 is 1.75 bits per heavy atom. The Morgan fingerprint density at radius 1 is 1.11 bits per heavy atom. The highest BCUT2D eigenvalue weighted by Gasteiger charge is 2.32. The minimum Gasteiger partial charge on any atom is -0.497 e. The van der Waals surface area contributed by atoms with Crippen molar-refractivity contribution in [2.75, 3.05) is 14.2 Å². The van der Waals surface area contributed by atoms with Crippen molar-refractivity contribution in [1.29, 1.82) is 0 Å². The number of carbonyl (C=O) groups excluding carboxylic acids is 1. The molecule has 0 saturated carbocycles. The van der Waals surface area contributed by atoms with Gasteiger partial charge in [0.2, 0.25) is 5.91 Å². The van der Waals surface area contributed by atoms with E-state index >= 15 is 0 Å². The molecule has 0 aromatic heterocycles. The van der Waals surface area contributed by atoms with Gasteiger partial charge in [-0.25, -0.2) is 8.42 Å².